The number of nitrogens with zero attached hydrogens (tertiary/aromatic N) is 1. The van der Waals surface area contributed by atoms with Crippen LogP contribution in [0.1, 0.15) is 24.8 Å². The molecule has 2 amide bonds. The van der Waals surface area contributed by atoms with Gasteiger partial charge in [-0.3, -0.25) is 10.1 Å². The number of amides is 2. The first kappa shape index (κ1) is 15.9. The van der Waals surface area contributed by atoms with E-state index in [9.17, 15) is 14.0 Å². The second-order valence-corrected chi connectivity index (χ2v) is 5.76. The number of halogens is 1. The maximum Gasteiger partial charge on any atom is 0.410 e. The molecule has 24 heavy (non-hydrogen) atoms. The average Bonchev–Trinajstić information content (AvgIpc) is 2.50. The highest BCUT2D eigenvalue weighted by atomic mass is 19.1. The van der Waals surface area contributed by atoms with Gasteiger partial charge in [0.25, 0.3) is 0 Å². The first-order chi connectivity index (χ1) is 11.5. The number of nitrogens with one attached hydrogen (secondary N) is 2. The third-order valence-corrected chi connectivity index (χ3v) is 4.29. The SMILES string of the molecule is O=C(O)Nc1ccc(C2(C(=O)Nc3ccc(F)cc3)CCC2)cn1. The molecule has 7 heteroatoms. The van der Waals surface area contributed by atoms with Gasteiger partial charge in [-0.15, -0.1) is 0 Å². The number of hydrogen-bond donors (Lipinski definition) is 3. The molecule has 1 fully saturated rings. The van der Waals surface area contributed by atoms with Crippen LogP contribution in [0, 0.1) is 5.82 Å². The quantitative estimate of drug-likeness (QED) is 0.802. The number of carbonyl (C=O) groups is 2. The van der Waals surface area contributed by atoms with Crippen LogP contribution in [0.4, 0.5) is 20.7 Å². The maximum absolute atomic E-state index is 13.0. The molecular weight excluding hydrogens is 313 g/mol. The Labute approximate surface area is 137 Å². The molecule has 0 atom stereocenters. The fourth-order valence-corrected chi connectivity index (χ4v) is 2.82. The van der Waals surface area contributed by atoms with Gasteiger partial charge in [-0.05, 0) is 48.7 Å². The number of hydrogen-bond acceptors (Lipinski definition) is 3. The molecule has 1 aromatic heterocycles. The average molecular weight is 329 g/mol. The normalized spacial score (nSPS) is 15.2. The van der Waals surface area contributed by atoms with Crippen molar-refractivity contribution >= 4 is 23.5 Å². The van der Waals surface area contributed by atoms with Gasteiger partial charge >= 0.3 is 6.09 Å². The van der Waals surface area contributed by atoms with E-state index in [1.54, 1.807) is 6.07 Å². The van der Waals surface area contributed by atoms with E-state index in [1.165, 1.54) is 36.5 Å². The fraction of sp³-hybridized carbons (Fsp3) is 0.235. The van der Waals surface area contributed by atoms with Crippen LogP contribution >= 0.6 is 0 Å². The second kappa shape index (κ2) is 6.27. The van der Waals surface area contributed by atoms with Crippen LogP contribution in [-0.4, -0.2) is 22.1 Å². The third-order valence-electron chi connectivity index (χ3n) is 4.29. The number of pyridine rings is 1. The fourth-order valence-electron chi connectivity index (χ4n) is 2.82. The van der Waals surface area contributed by atoms with Gasteiger partial charge in [-0.2, -0.15) is 0 Å². The summed E-state index contributed by atoms with van der Waals surface area (Å²) in [6.45, 7) is 0. The molecule has 1 heterocycles. The molecule has 0 radical (unpaired) electrons. The van der Waals surface area contributed by atoms with Crippen molar-refractivity contribution in [3.8, 4) is 0 Å². The van der Waals surface area contributed by atoms with Crippen molar-refractivity contribution in [2.75, 3.05) is 10.6 Å². The number of benzene rings is 1. The zero-order chi connectivity index (χ0) is 17.2. The van der Waals surface area contributed by atoms with E-state index in [1.807, 2.05) is 0 Å². The largest absolute Gasteiger partial charge is 0.465 e. The van der Waals surface area contributed by atoms with Crippen molar-refractivity contribution in [1.82, 2.24) is 4.98 Å². The number of rotatable bonds is 4. The maximum atomic E-state index is 13.0. The van der Waals surface area contributed by atoms with E-state index < -0.39 is 11.5 Å². The van der Waals surface area contributed by atoms with Crippen molar-refractivity contribution in [2.24, 2.45) is 0 Å². The summed E-state index contributed by atoms with van der Waals surface area (Å²) in [5, 5.41) is 13.7. The highest BCUT2D eigenvalue weighted by molar-refractivity contribution is 5.99. The lowest BCUT2D eigenvalue weighted by Gasteiger charge is -2.40. The first-order valence-corrected chi connectivity index (χ1v) is 7.53. The van der Waals surface area contributed by atoms with Crippen molar-refractivity contribution < 1.29 is 19.1 Å². The summed E-state index contributed by atoms with van der Waals surface area (Å²) in [6.07, 6.45) is 2.63. The van der Waals surface area contributed by atoms with Crippen LogP contribution in [-0.2, 0) is 10.2 Å². The van der Waals surface area contributed by atoms with E-state index in [0.717, 1.165) is 12.0 Å². The predicted octanol–water partition coefficient (Wildman–Crippen LogP) is 3.37. The Morgan fingerprint density at radius 1 is 1.08 bits per heavy atom. The summed E-state index contributed by atoms with van der Waals surface area (Å²) in [6, 6.07) is 8.85. The van der Waals surface area contributed by atoms with E-state index in [-0.39, 0.29) is 17.5 Å². The topological polar surface area (TPSA) is 91.3 Å². The molecule has 0 bridgehead atoms. The first-order valence-electron chi connectivity index (χ1n) is 7.53. The lowest BCUT2D eigenvalue weighted by molar-refractivity contribution is -0.124. The molecule has 0 aliphatic heterocycles. The molecule has 3 N–H and O–H groups in total. The highest BCUT2D eigenvalue weighted by Crippen LogP contribution is 2.44. The van der Waals surface area contributed by atoms with E-state index in [4.69, 9.17) is 5.11 Å². The Bertz CT molecular complexity index is 756. The van der Waals surface area contributed by atoms with Gasteiger partial charge in [0.2, 0.25) is 5.91 Å². The Morgan fingerprint density at radius 2 is 1.79 bits per heavy atom. The molecule has 1 saturated carbocycles. The van der Waals surface area contributed by atoms with Gasteiger partial charge in [0.1, 0.15) is 11.6 Å². The van der Waals surface area contributed by atoms with E-state index in [0.29, 0.717) is 18.5 Å². The van der Waals surface area contributed by atoms with Crippen molar-refractivity contribution in [1.29, 1.82) is 0 Å². The molecule has 3 rings (SSSR count). The minimum absolute atomic E-state index is 0.166. The van der Waals surface area contributed by atoms with Crippen molar-refractivity contribution in [2.45, 2.75) is 24.7 Å². The lowest BCUT2D eigenvalue weighted by Crippen LogP contribution is -2.46. The molecule has 0 saturated heterocycles. The van der Waals surface area contributed by atoms with Gasteiger partial charge in [0.05, 0.1) is 5.41 Å². The Morgan fingerprint density at radius 3 is 2.29 bits per heavy atom. The van der Waals surface area contributed by atoms with E-state index >= 15 is 0 Å². The van der Waals surface area contributed by atoms with Gasteiger partial charge in [0, 0.05) is 11.9 Å². The molecule has 1 aliphatic carbocycles. The molecule has 0 unspecified atom stereocenters. The van der Waals surface area contributed by atoms with Crippen molar-refractivity contribution in [3.63, 3.8) is 0 Å². The number of aromatic nitrogens is 1. The van der Waals surface area contributed by atoms with Crippen LogP contribution in [0.2, 0.25) is 0 Å². The summed E-state index contributed by atoms with van der Waals surface area (Å²) < 4.78 is 13.0. The van der Waals surface area contributed by atoms with Crippen LogP contribution in [0.5, 0.6) is 0 Å². The number of carbonyl (C=O) groups excluding carboxylic acids is 1. The monoisotopic (exact) mass is 329 g/mol. The second-order valence-electron chi connectivity index (χ2n) is 5.76. The van der Waals surface area contributed by atoms with Crippen LogP contribution < -0.4 is 10.6 Å². The van der Waals surface area contributed by atoms with Crippen LogP contribution in [0.25, 0.3) is 0 Å². The summed E-state index contributed by atoms with van der Waals surface area (Å²) in [5.74, 6) is -0.321. The summed E-state index contributed by atoms with van der Waals surface area (Å²) >= 11 is 0. The Kier molecular flexibility index (Phi) is 4.16. The molecule has 2 aromatic rings. The minimum Gasteiger partial charge on any atom is -0.465 e. The predicted molar refractivity (Wildman–Crippen MR) is 86.4 cm³/mol. The molecule has 1 aliphatic rings. The highest BCUT2D eigenvalue weighted by Gasteiger charge is 2.45. The van der Waals surface area contributed by atoms with Crippen LogP contribution in [0.15, 0.2) is 42.6 Å². The zero-order valence-corrected chi connectivity index (χ0v) is 12.8. The molecule has 1 aromatic carbocycles. The van der Waals surface area contributed by atoms with E-state index in [2.05, 4.69) is 15.6 Å². The van der Waals surface area contributed by atoms with Gasteiger partial charge in [-0.1, -0.05) is 12.5 Å². The Hall–Kier alpha value is -2.96. The molecular formula is C17H16FN3O3. The molecule has 124 valence electrons. The van der Waals surface area contributed by atoms with Gasteiger partial charge < -0.3 is 10.4 Å². The standard InChI is InChI=1S/C17H16FN3O3/c18-12-3-5-13(6-4-12)20-15(22)17(8-1-9-17)11-2-7-14(19-10-11)21-16(23)24/h2-7,10H,1,8-9H2,(H,19,21)(H,20,22)(H,23,24). The smallest absolute Gasteiger partial charge is 0.410 e. The zero-order valence-electron chi connectivity index (χ0n) is 12.8. The molecule has 0 spiro atoms. The van der Waals surface area contributed by atoms with Gasteiger partial charge in [-0.25, -0.2) is 14.2 Å². The summed E-state index contributed by atoms with van der Waals surface area (Å²) in [5.41, 5.74) is 0.595. The summed E-state index contributed by atoms with van der Waals surface area (Å²) in [4.78, 5) is 27.4. The third kappa shape index (κ3) is 3.05. The lowest BCUT2D eigenvalue weighted by atomic mass is 9.64. The number of anilines is 2. The number of carboxylic acid groups (broad SMARTS) is 1. The van der Waals surface area contributed by atoms with Crippen molar-refractivity contribution in [3.05, 3.63) is 54.0 Å². The molecule has 6 nitrogen and oxygen atoms in total. The Balaban J connectivity index is 1.79. The summed E-state index contributed by atoms with van der Waals surface area (Å²) in [7, 11) is 0. The van der Waals surface area contributed by atoms with Crippen LogP contribution in [0.3, 0.4) is 0 Å². The van der Waals surface area contributed by atoms with Gasteiger partial charge in [0.15, 0.2) is 0 Å². The minimum atomic E-state index is -1.19.